The number of benzene rings is 1. The Morgan fingerprint density at radius 1 is 1.24 bits per heavy atom. The van der Waals surface area contributed by atoms with Crippen molar-refractivity contribution in [2.75, 3.05) is 24.7 Å². The van der Waals surface area contributed by atoms with E-state index in [0.717, 1.165) is 0 Å². The predicted octanol–water partition coefficient (Wildman–Crippen LogP) is 0.820. The number of aryl methyl sites for hydroxylation is 1. The van der Waals surface area contributed by atoms with Crippen LogP contribution in [0, 0.1) is 0 Å². The lowest BCUT2D eigenvalue weighted by Crippen LogP contribution is -2.14. The van der Waals surface area contributed by atoms with Gasteiger partial charge in [-0.15, -0.1) is 0 Å². The van der Waals surface area contributed by atoms with Gasteiger partial charge in [0.05, 0.1) is 31.8 Å². The topological polar surface area (TPSA) is 108 Å². The molecule has 0 aliphatic heterocycles. The number of ether oxygens (including phenoxy) is 2. The van der Waals surface area contributed by atoms with Crippen LogP contribution >= 0.6 is 0 Å². The minimum Gasteiger partial charge on any atom is -0.495 e. The third kappa shape index (κ3) is 3.02. The molecule has 1 aromatic carbocycles. The largest absolute Gasteiger partial charge is 0.495 e. The number of methoxy groups -OCH3 is 2. The maximum Gasteiger partial charge on any atom is 0.265 e. The Bertz CT molecular complexity index is 755. The van der Waals surface area contributed by atoms with Crippen LogP contribution in [-0.4, -0.2) is 32.4 Å². The van der Waals surface area contributed by atoms with Gasteiger partial charge >= 0.3 is 0 Å². The Morgan fingerprint density at radius 2 is 1.90 bits per heavy atom. The SMILES string of the molecule is COc1cc(OC)c(S(=O)(=O)Nc2cnn(C)c2)cc1N. The minimum atomic E-state index is -3.85. The first-order valence-corrected chi connectivity index (χ1v) is 7.38. The van der Waals surface area contributed by atoms with Gasteiger partial charge in [0.1, 0.15) is 16.4 Å². The summed E-state index contributed by atoms with van der Waals surface area (Å²) in [6.45, 7) is 0. The van der Waals surface area contributed by atoms with Crippen LogP contribution in [0.5, 0.6) is 11.5 Å². The second kappa shape index (κ2) is 5.52. The van der Waals surface area contributed by atoms with Crippen LogP contribution in [0.2, 0.25) is 0 Å². The van der Waals surface area contributed by atoms with Gasteiger partial charge in [-0.3, -0.25) is 9.40 Å². The lowest BCUT2D eigenvalue weighted by Gasteiger charge is -2.13. The molecule has 9 heteroatoms. The zero-order chi connectivity index (χ0) is 15.6. The number of nitrogen functional groups attached to an aromatic ring is 1. The number of sulfonamides is 1. The highest BCUT2D eigenvalue weighted by Gasteiger charge is 2.22. The van der Waals surface area contributed by atoms with E-state index >= 15 is 0 Å². The Labute approximate surface area is 122 Å². The van der Waals surface area contributed by atoms with Gasteiger partial charge in [0.2, 0.25) is 0 Å². The van der Waals surface area contributed by atoms with Crippen LogP contribution in [0.25, 0.3) is 0 Å². The summed E-state index contributed by atoms with van der Waals surface area (Å²) >= 11 is 0. The average molecular weight is 312 g/mol. The minimum absolute atomic E-state index is 0.0767. The van der Waals surface area contributed by atoms with Gasteiger partial charge < -0.3 is 15.2 Å². The van der Waals surface area contributed by atoms with Crippen LogP contribution in [-0.2, 0) is 17.1 Å². The molecule has 21 heavy (non-hydrogen) atoms. The summed E-state index contributed by atoms with van der Waals surface area (Å²) < 4.78 is 38.9. The van der Waals surface area contributed by atoms with Crippen molar-refractivity contribution >= 4 is 21.4 Å². The summed E-state index contributed by atoms with van der Waals surface area (Å²) in [6, 6.07) is 2.71. The highest BCUT2D eigenvalue weighted by atomic mass is 32.2. The van der Waals surface area contributed by atoms with Crippen molar-refractivity contribution in [1.82, 2.24) is 9.78 Å². The molecule has 8 nitrogen and oxygen atoms in total. The molecule has 2 aromatic rings. The molecule has 0 radical (unpaired) electrons. The van der Waals surface area contributed by atoms with Gasteiger partial charge in [-0.25, -0.2) is 8.42 Å². The molecule has 1 aromatic heterocycles. The summed E-state index contributed by atoms with van der Waals surface area (Å²) in [4.78, 5) is -0.0767. The quantitative estimate of drug-likeness (QED) is 0.791. The molecule has 2 rings (SSSR count). The van der Waals surface area contributed by atoms with Crippen LogP contribution in [0.4, 0.5) is 11.4 Å². The predicted molar refractivity (Wildman–Crippen MR) is 78.0 cm³/mol. The summed E-state index contributed by atoms with van der Waals surface area (Å²) in [7, 11) is 0.637. The number of aromatic nitrogens is 2. The smallest absolute Gasteiger partial charge is 0.265 e. The van der Waals surface area contributed by atoms with E-state index in [1.807, 2.05) is 0 Å². The second-order valence-electron chi connectivity index (χ2n) is 4.25. The Morgan fingerprint density at radius 3 is 2.43 bits per heavy atom. The lowest BCUT2D eigenvalue weighted by molar-refractivity contribution is 0.387. The molecule has 0 amide bonds. The maximum absolute atomic E-state index is 12.4. The molecule has 0 atom stereocenters. The van der Waals surface area contributed by atoms with Crippen molar-refractivity contribution in [3.63, 3.8) is 0 Å². The lowest BCUT2D eigenvalue weighted by atomic mass is 10.3. The first-order chi connectivity index (χ1) is 9.87. The van der Waals surface area contributed by atoms with E-state index in [-0.39, 0.29) is 16.3 Å². The number of rotatable bonds is 5. The Hall–Kier alpha value is -2.42. The summed E-state index contributed by atoms with van der Waals surface area (Å²) in [5.41, 5.74) is 6.30. The third-order valence-corrected chi connectivity index (χ3v) is 4.17. The Balaban J connectivity index is 2.46. The Kier molecular flexibility index (Phi) is 3.94. The fraction of sp³-hybridized carbons (Fsp3) is 0.250. The number of anilines is 2. The maximum atomic E-state index is 12.4. The van der Waals surface area contributed by atoms with E-state index in [1.54, 1.807) is 7.05 Å². The summed E-state index contributed by atoms with van der Waals surface area (Å²) in [5, 5.41) is 3.90. The number of hydrogen-bond acceptors (Lipinski definition) is 6. The zero-order valence-corrected chi connectivity index (χ0v) is 12.6. The van der Waals surface area contributed by atoms with Crippen molar-refractivity contribution in [1.29, 1.82) is 0 Å². The van der Waals surface area contributed by atoms with Gasteiger partial charge in [-0.2, -0.15) is 5.10 Å². The van der Waals surface area contributed by atoms with Crippen LogP contribution < -0.4 is 19.9 Å². The normalized spacial score (nSPS) is 11.2. The number of nitrogens with one attached hydrogen (secondary N) is 1. The fourth-order valence-corrected chi connectivity index (χ4v) is 3.00. The first-order valence-electron chi connectivity index (χ1n) is 5.90. The molecular formula is C12H16N4O4S. The van der Waals surface area contributed by atoms with Gasteiger partial charge in [-0.05, 0) is 6.07 Å². The molecule has 0 unspecified atom stereocenters. The highest BCUT2D eigenvalue weighted by Crippen LogP contribution is 2.34. The monoisotopic (exact) mass is 312 g/mol. The van der Waals surface area contributed by atoms with E-state index in [0.29, 0.717) is 11.4 Å². The first kappa shape index (κ1) is 15.0. The van der Waals surface area contributed by atoms with Crippen LogP contribution in [0.1, 0.15) is 0 Å². The molecule has 0 bridgehead atoms. The zero-order valence-electron chi connectivity index (χ0n) is 11.8. The van der Waals surface area contributed by atoms with E-state index < -0.39 is 10.0 Å². The molecule has 0 spiro atoms. The average Bonchev–Trinajstić information content (AvgIpc) is 2.83. The highest BCUT2D eigenvalue weighted by molar-refractivity contribution is 7.92. The van der Waals surface area contributed by atoms with Crippen molar-refractivity contribution in [3.05, 3.63) is 24.5 Å². The molecular weight excluding hydrogens is 296 g/mol. The third-order valence-electron chi connectivity index (χ3n) is 2.76. The number of hydrogen-bond donors (Lipinski definition) is 2. The molecule has 1 heterocycles. The molecule has 0 aliphatic rings. The van der Waals surface area contributed by atoms with Gasteiger partial charge in [-0.1, -0.05) is 0 Å². The van der Waals surface area contributed by atoms with E-state index in [2.05, 4.69) is 9.82 Å². The standard InChI is InChI=1S/C12H16N4O4S/c1-16-7-8(6-14-16)15-21(17,18)12-4-9(13)10(19-2)5-11(12)20-3/h4-7,15H,13H2,1-3H3. The molecule has 3 N–H and O–H groups in total. The second-order valence-corrected chi connectivity index (χ2v) is 5.90. The van der Waals surface area contributed by atoms with Crippen molar-refractivity contribution in [2.24, 2.45) is 7.05 Å². The molecule has 114 valence electrons. The van der Waals surface area contributed by atoms with Crippen molar-refractivity contribution in [2.45, 2.75) is 4.90 Å². The number of nitrogens with two attached hydrogens (primary N) is 1. The summed E-state index contributed by atoms with van der Waals surface area (Å²) in [5.74, 6) is 0.476. The van der Waals surface area contributed by atoms with Crippen molar-refractivity contribution < 1.29 is 17.9 Å². The summed E-state index contributed by atoms with van der Waals surface area (Å²) in [6.07, 6.45) is 2.94. The molecule has 0 saturated carbocycles. The van der Waals surface area contributed by atoms with E-state index in [4.69, 9.17) is 15.2 Å². The molecule has 0 fully saturated rings. The number of nitrogens with zero attached hydrogens (tertiary/aromatic N) is 2. The van der Waals surface area contributed by atoms with Gasteiger partial charge in [0.15, 0.2) is 0 Å². The van der Waals surface area contributed by atoms with Gasteiger partial charge in [0, 0.05) is 19.3 Å². The molecule has 0 saturated heterocycles. The molecule has 0 aliphatic carbocycles. The van der Waals surface area contributed by atoms with Gasteiger partial charge in [0.25, 0.3) is 10.0 Å². The van der Waals surface area contributed by atoms with Crippen molar-refractivity contribution in [3.8, 4) is 11.5 Å². The van der Waals surface area contributed by atoms with Crippen LogP contribution in [0.3, 0.4) is 0 Å². The van der Waals surface area contributed by atoms with E-state index in [1.165, 1.54) is 43.4 Å². The van der Waals surface area contributed by atoms with Crippen LogP contribution in [0.15, 0.2) is 29.4 Å². The fourth-order valence-electron chi connectivity index (χ4n) is 1.79. The van der Waals surface area contributed by atoms with E-state index in [9.17, 15) is 8.42 Å².